The van der Waals surface area contributed by atoms with Crippen molar-refractivity contribution in [3.05, 3.63) is 35.4 Å². The fraction of sp³-hybridized carbons (Fsp3) is 0.444. The van der Waals surface area contributed by atoms with Crippen LogP contribution < -0.4 is 16.0 Å². The zero-order chi connectivity index (χ0) is 16.9. The van der Waals surface area contributed by atoms with Crippen LogP contribution in [0.4, 0.5) is 0 Å². The Labute approximate surface area is 162 Å². The Morgan fingerprint density at radius 2 is 1.92 bits per heavy atom. The van der Waals surface area contributed by atoms with Crippen LogP contribution in [0.25, 0.3) is 0 Å². The summed E-state index contributed by atoms with van der Waals surface area (Å²) in [4.78, 5) is 16.1. The maximum absolute atomic E-state index is 11.6. The van der Waals surface area contributed by atoms with E-state index < -0.39 is 0 Å². The summed E-state index contributed by atoms with van der Waals surface area (Å²) in [6, 6.07) is 8.25. The van der Waals surface area contributed by atoms with Crippen molar-refractivity contribution >= 4 is 35.8 Å². The molecule has 0 aliphatic heterocycles. The van der Waals surface area contributed by atoms with E-state index in [9.17, 15) is 4.79 Å². The number of unbranched alkanes of at least 4 members (excludes halogenated alkanes) is 1. The Morgan fingerprint density at radius 3 is 2.54 bits per heavy atom. The van der Waals surface area contributed by atoms with E-state index in [1.165, 1.54) is 5.56 Å². The molecule has 0 atom stereocenters. The number of benzene rings is 1. The topological polar surface area (TPSA) is 65.5 Å². The molecule has 1 aromatic carbocycles. The number of guanidine groups is 1. The van der Waals surface area contributed by atoms with Gasteiger partial charge < -0.3 is 16.0 Å². The van der Waals surface area contributed by atoms with Crippen molar-refractivity contribution < 1.29 is 4.79 Å². The van der Waals surface area contributed by atoms with E-state index in [0.717, 1.165) is 24.9 Å². The average Bonchev–Trinajstić information content (AvgIpc) is 2.56. The molecule has 0 bridgehead atoms. The lowest BCUT2D eigenvalue weighted by Crippen LogP contribution is -2.43. The largest absolute Gasteiger partial charge is 0.356 e. The van der Waals surface area contributed by atoms with Gasteiger partial charge in [0.1, 0.15) is 0 Å². The van der Waals surface area contributed by atoms with Gasteiger partial charge >= 0.3 is 0 Å². The number of carbonyl (C=O) groups excluding carboxylic acids is 1. The van der Waals surface area contributed by atoms with E-state index in [2.05, 4.69) is 65.0 Å². The lowest BCUT2D eigenvalue weighted by Gasteiger charge is -2.12. The van der Waals surface area contributed by atoms with Gasteiger partial charge in [-0.1, -0.05) is 49.1 Å². The molecular formula is C18H27IN4O. The summed E-state index contributed by atoms with van der Waals surface area (Å²) >= 11 is 0. The Balaban J connectivity index is 0.00000529. The maximum atomic E-state index is 11.6. The number of rotatable bonds is 8. The van der Waals surface area contributed by atoms with Crippen LogP contribution in [0.1, 0.15) is 30.9 Å². The molecule has 5 nitrogen and oxygen atoms in total. The van der Waals surface area contributed by atoms with Gasteiger partial charge in [-0.15, -0.1) is 30.4 Å². The molecule has 1 aromatic rings. The van der Waals surface area contributed by atoms with Crippen molar-refractivity contribution in [3.8, 4) is 12.3 Å². The first-order valence-electron chi connectivity index (χ1n) is 7.93. The number of halogens is 1. The van der Waals surface area contributed by atoms with Crippen LogP contribution in [0.5, 0.6) is 0 Å². The van der Waals surface area contributed by atoms with E-state index in [4.69, 9.17) is 6.42 Å². The third-order valence-corrected chi connectivity index (χ3v) is 3.17. The number of amides is 1. The first-order valence-corrected chi connectivity index (χ1v) is 7.93. The second-order valence-electron chi connectivity index (χ2n) is 5.27. The summed E-state index contributed by atoms with van der Waals surface area (Å²) in [5.74, 6) is 2.86. The summed E-state index contributed by atoms with van der Waals surface area (Å²) in [6.07, 6.45) is 7.26. The fourth-order valence-corrected chi connectivity index (χ4v) is 1.80. The lowest BCUT2D eigenvalue weighted by atomic mass is 10.1. The first kappa shape index (κ1) is 22.2. The Kier molecular flexibility index (Phi) is 12.7. The molecule has 0 aliphatic carbocycles. The number of nitrogens with one attached hydrogen (secondary N) is 3. The van der Waals surface area contributed by atoms with Gasteiger partial charge in [-0.05, 0) is 18.9 Å². The van der Waals surface area contributed by atoms with Crippen molar-refractivity contribution in [3.63, 3.8) is 0 Å². The van der Waals surface area contributed by atoms with Crippen molar-refractivity contribution in [1.29, 1.82) is 0 Å². The summed E-state index contributed by atoms with van der Waals surface area (Å²) < 4.78 is 0. The maximum Gasteiger partial charge on any atom is 0.240 e. The van der Waals surface area contributed by atoms with Gasteiger partial charge in [-0.2, -0.15) is 0 Å². The molecule has 0 spiro atoms. The van der Waals surface area contributed by atoms with Crippen molar-refractivity contribution in [1.82, 2.24) is 16.0 Å². The molecule has 0 heterocycles. The van der Waals surface area contributed by atoms with Crippen LogP contribution >= 0.6 is 24.0 Å². The van der Waals surface area contributed by atoms with E-state index in [0.29, 0.717) is 12.5 Å². The van der Waals surface area contributed by atoms with E-state index in [-0.39, 0.29) is 43.0 Å². The zero-order valence-corrected chi connectivity index (χ0v) is 16.7. The van der Waals surface area contributed by atoms with Gasteiger partial charge in [-0.25, -0.2) is 4.99 Å². The average molecular weight is 442 g/mol. The number of carbonyl (C=O) groups is 1. The van der Waals surface area contributed by atoms with E-state index in [1.807, 2.05) is 0 Å². The molecule has 0 unspecified atom stereocenters. The van der Waals surface area contributed by atoms with Crippen molar-refractivity contribution in [2.24, 2.45) is 4.99 Å². The molecule has 1 amide bonds. The normalized spacial score (nSPS) is 10.3. The van der Waals surface area contributed by atoms with Gasteiger partial charge in [0, 0.05) is 6.54 Å². The molecule has 1 rings (SSSR count). The highest BCUT2D eigenvalue weighted by atomic mass is 127. The first-order chi connectivity index (χ1) is 11.2. The van der Waals surface area contributed by atoms with Crippen LogP contribution in [0.3, 0.4) is 0 Å². The van der Waals surface area contributed by atoms with Crippen molar-refractivity contribution in [2.75, 3.05) is 19.6 Å². The van der Waals surface area contributed by atoms with Crippen molar-refractivity contribution in [2.45, 2.75) is 33.2 Å². The summed E-state index contributed by atoms with van der Waals surface area (Å²) in [5.41, 5.74) is 2.35. The highest BCUT2D eigenvalue weighted by molar-refractivity contribution is 14.0. The molecule has 0 saturated carbocycles. The Morgan fingerprint density at radius 1 is 1.21 bits per heavy atom. The predicted molar refractivity (Wildman–Crippen MR) is 110 cm³/mol. The number of hydrogen-bond donors (Lipinski definition) is 3. The standard InChI is InChI=1S/C18H26N4O.HI/c1-4-6-12-20-18(22-14-17(23)19-11-5-2)21-13-16-9-7-15(3)8-10-16;/h2,7-10H,4,6,11-14H2,1,3H3,(H,19,23)(H2,20,21,22);1H. The predicted octanol–water partition coefficient (Wildman–Crippen LogP) is 2.20. The summed E-state index contributed by atoms with van der Waals surface area (Å²) in [7, 11) is 0. The molecule has 132 valence electrons. The minimum atomic E-state index is -0.150. The number of aliphatic imine (C=N–C) groups is 1. The summed E-state index contributed by atoms with van der Waals surface area (Å²) in [6.45, 7) is 5.95. The minimum absolute atomic E-state index is 0. The second-order valence-corrected chi connectivity index (χ2v) is 5.27. The Hall–Kier alpha value is -1.75. The molecule has 6 heteroatoms. The molecule has 0 aromatic heterocycles. The molecular weight excluding hydrogens is 415 g/mol. The number of terminal acetylenes is 1. The van der Waals surface area contributed by atoms with Crippen LogP contribution in [-0.4, -0.2) is 31.5 Å². The highest BCUT2D eigenvalue weighted by Gasteiger charge is 2.03. The number of aryl methyl sites for hydroxylation is 1. The van der Waals surface area contributed by atoms with Gasteiger partial charge in [0.05, 0.1) is 19.6 Å². The fourth-order valence-electron chi connectivity index (χ4n) is 1.80. The van der Waals surface area contributed by atoms with Crippen LogP contribution in [0.15, 0.2) is 29.3 Å². The van der Waals surface area contributed by atoms with Crippen LogP contribution in [0, 0.1) is 19.3 Å². The molecule has 0 fully saturated rings. The van der Waals surface area contributed by atoms with Gasteiger partial charge in [-0.3, -0.25) is 4.79 Å². The quantitative estimate of drug-likeness (QED) is 0.190. The van der Waals surface area contributed by atoms with E-state index >= 15 is 0 Å². The third-order valence-electron chi connectivity index (χ3n) is 3.17. The smallest absolute Gasteiger partial charge is 0.240 e. The number of nitrogens with zero attached hydrogens (tertiary/aromatic N) is 1. The lowest BCUT2D eigenvalue weighted by molar-refractivity contribution is -0.119. The van der Waals surface area contributed by atoms with Gasteiger partial charge in [0.15, 0.2) is 5.96 Å². The van der Waals surface area contributed by atoms with E-state index in [1.54, 1.807) is 0 Å². The molecule has 24 heavy (non-hydrogen) atoms. The van der Waals surface area contributed by atoms with Gasteiger partial charge in [0.2, 0.25) is 5.91 Å². The molecule has 0 radical (unpaired) electrons. The summed E-state index contributed by atoms with van der Waals surface area (Å²) in [5, 5.41) is 8.87. The van der Waals surface area contributed by atoms with Gasteiger partial charge in [0.25, 0.3) is 0 Å². The third kappa shape index (κ3) is 10.1. The molecule has 0 saturated heterocycles. The highest BCUT2D eigenvalue weighted by Crippen LogP contribution is 2.04. The monoisotopic (exact) mass is 442 g/mol. The zero-order valence-electron chi connectivity index (χ0n) is 14.4. The van der Waals surface area contributed by atoms with Crippen LogP contribution in [0.2, 0.25) is 0 Å². The minimum Gasteiger partial charge on any atom is -0.356 e. The van der Waals surface area contributed by atoms with Crippen LogP contribution in [-0.2, 0) is 11.3 Å². The second kappa shape index (κ2) is 13.7. The number of hydrogen-bond acceptors (Lipinski definition) is 2. The SMILES string of the molecule is C#CCNC(=O)CNC(=NCc1ccc(C)cc1)NCCCC.I. The molecule has 3 N–H and O–H groups in total. The molecule has 0 aliphatic rings. The Bertz CT molecular complexity index is 549.